The molecule has 0 radical (unpaired) electrons. The van der Waals surface area contributed by atoms with Crippen LogP contribution in [-0.2, 0) is 19.4 Å². The fourth-order valence-corrected chi connectivity index (χ4v) is 5.43. The molecular weight excluding hydrogens is 408 g/mol. The second-order valence-electron chi connectivity index (χ2n) is 6.70. The van der Waals surface area contributed by atoms with E-state index in [1.54, 1.807) is 47.0 Å². The zero-order valence-corrected chi connectivity index (χ0v) is 17.7. The van der Waals surface area contributed by atoms with Crippen molar-refractivity contribution in [2.75, 3.05) is 29.5 Å². The number of carbonyl (C=O) groups is 2. The highest BCUT2D eigenvalue weighted by molar-refractivity contribution is 7.99. The van der Waals surface area contributed by atoms with Crippen molar-refractivity contribution in [3.8, 4) is 0 Å². The zero-order valence-electron chi connectivity index (χ0n) is 16.0. The summed E-state index contributed by atoms with van der Waals surface area (Å²) in [6.07, 6.45) is 0.552. The van der Waals surface area contributed by atoms with Crippen molar-refractivity contribution in [2.45, 2.75) is 29.1 Å². The van der Waals surface area contributed by atoms with Gasteiger partial charge in [0.25, 0.3) is 0 Å². The molecule has 0 atom stereocenters. The molecule has 1 aliphatic rings. The number of rotatable bonds is 8. The van der Waals surface area contributed by atoms with Crippen LogP contribution in [0.1, 0.15) is 19.3 Å². The van der Waals surface area contributed by atoms with Crippen LogP contribution in [0, 0.1) is 0 Å². The Morgan fingerprint density at radius 2 is 1.72 bits per heavy atom. The van der Waals surface area contributed by atoms with Crippen LogP contribution >= 0.6 is 11.8 Å². The van der Waals surface area contributed by atoms with Crippen molar-refractivity contribution in [1.82, 2.24) is 5.32 Å². The van der Waals surface area contributed by atoms with E-state index in [0.29, 0.717) is 13.0 Å². The summed E-state index contributed by atoms with van der Waals surface area (Å²) in [5.41, 5.74) is 0.903. The smallest absolute Gasteiger partial charge is 0.227 e. The van der Waals surface area contributed by atoms with E-state index in [-0.39, 0.29) is 41.8 Å². The molecule has 1 aliphatic heterocycles. The van der Waals surface area contributed by atoms with Gasteiger partial charge < -0.3 is 10.2 Å². The van der Waals surface area contributed by atoms with Crippen LogP contribution in [-0.4, -0.2) is 44.8 Å². The fraction of sp³-hybridized carbons (Fsp3) is 0.333. The maximum atomic E-state index is 12.5. The molecule has 29 heavy (non-hydrogen) atoms. The van der Waals surface area contributed by atoms with E-state index in [1.165, 1.54) is 0 Å². The number of nitrogens with zero attached hydrogens (tertiary/aromatic N) is 1. The Balaban J connectivity index is 1.40. The molecule has 154 valence electrons. The van der Waals surface area contributed by atoms with Gasteiger partial charge in [-0.1, -0.05) is 30.3 Å². The van der Waals surface area contributed by atoms with Crippen molar-refractivity contribution in [2.24, 2.45) is 0 Å². The van der Waals surface area contributed by atoms with Gasteiger partial charge in [0.1, 0.15) is 0 Å². The molecule has 2 amide bonds. The van der Waals surface area contributed by atoms with E-state index in [4.69, 9.17) is 0 Å². The number of anilines is 1. The molecule has 0 saturated heterocycles. The lowest BCUT2D eigenvalue weighted by Gasteiger charge is -2.29. The van der Waals surface area contributed by atoms with E-state index >= 15 is 0 Å². The Morgan fingerprint density at radius 3 is 2.52 bits per heavy atom. The summed E-state index contributed by atoms with van der Waals surface area (Å²) in [7, 11) is -3.34. The Hall–Kier alpha value is -2.32. The number of hydrogen-bond donors (Lipinski definition) is 1. The maximum Gasteiger partial charge on any atom is 0.227 e. The molecule has 8 heteroatoms. The molecule has 2 aromatic carbocycles. The average Bonchev–Trinajstić information content (AvgIpc) is 2.75. The number of carbonyl (C=O) groups excluding carboxylic acids is 2. The van der Waals surface area contributed by atoms with Gasteiger partial charge in [-0.3, -0.25) is 9.59 Å². The minimum atomic E-state index is -3.34. The third-order valence-corrected chi connectivity index (χ3v) is 7.47. The number of benzene rings is 2. The molecule has 0 spiro atoms. The predicted molar refractivity (Wildman–Crippen MR) is 115 cm³/mol. The Bertz CT molecular complexity index is 962. The highest BCUT2D eigenvalue weighted by Gasteiger charge is 2.22. The second kappa shape index (κ2) is 9.93. The first-order chi connectivity index (χ1) is 14.0. The van der Waals surface area contributed by atoms with E-state index < -0.39 is 9.84 Å². The lowest BCUT2D eigenvalue weighted by molar-refractivity contribution is -0.125. The Kier molecular flexibility index (Phi) is 7.33. The Morgan fingerprint density at radius 1 is 1.00 bits per heavy atom. The van der Waals surface area contributed by atoms with Gasteiger partial charge in [-0.15, -0.1) is 11.8 Å². The number of fused-ring (bicyclic) bond motifs is 1. The number of amides is 2. The van der Waals surface area contributed by atoms with Crippen LogP contribution in [0.25, 0.3) is 0 Å². The number of hydrogen-bond acceptors (Lipinski definition) is 5. The minimum absolute atomic E-state index is 0.0293. The largest absolute Gasteiger partial charge is 0.356 e. The molecule has 0 aromatic heterocycles. The van der Waals surface area contributed by atoms with E-state index in [2.05, 4.69) is 5.32 Å². The average molecular weight is 433 g/mol. The normalized spacial score (nSPS) is 13.6. The monoisotopic (exact) mass is 432 g/mol. The van der Waals surface area contributed by atoms with Crippen LogP contribution in [0.4, 0.5) is 5.69 Å². The number of thioether (sulfide) groups is 1. The van der Waals surface area contributed by atoms with Gasteiger partial charge in [-0.05, 0) is 30.7 Å². The van der Waals surface area contributed by atoms with Gasteiger partial charge >= 0.3 is 0 Å². The fourth-order valence-electron chi connectivity index (χ4n) is 3.11. The topological polar surface area (TPSA) is 83.6 Å². The van der Waals surface area contributed by atoms with E-state index in [1.807, 2.05) is 24.3 Å². The number of para-hydroxylation sites is 1. The summed E-state index contributed by atoms with van der Waals surface area (Å²) >= 11 is 1.73. The number of nitrogens with one attached hydrogen (secondary N) is 1. The zero-order chi connectivity index (χ0) is 20.7. The van der Waals surface area contributed by atoms with Gasteiger partial charge in [0.05, 0.1) is 16.3 Å². The number of sulfone groups is 1. The van der Waals surface area contributed by atoms with Crippen LogP contribution in [0.5, 0.6) is 0 Å². The van der Waals surface area contributed by atoms with Crippen LogP contribution < -0.4 is 10.2 Å². The highest BCUT2D eigenvalue weighted by atomic mass is 32.2. The van der Waals surface area contributed by atoms with Crippen molar-refractivity contribution in [3.05, 3.63) is 54.6 Å². The molecule has 0 bridgehead atoms. The van der Waals surface area contributed by atoms with E-state index in [0.717, 1.165) is 16.3 Å². The summed E-state index contributed by atoms with van der Waals surface area (Å²) < 4.78 is 24.4. The first-order valence-corrected chi connectivity index (χ1v) is 12.2. The summed E-state index contributed by atoms with van der Waals surface area (Å²) in [6.45, 7) is 0.905. The van der Waals surface area contributed by atoms with Gasteiger partial charge in [0.15, 0.2) is 9.84 Å². The standard InChI is InChI=1S/C21H24N2O4S2/c24-20(22-13-6-16-29(26,27)17-7-2-1-3-8-17)11-12-21(25)23-14-15-28-19-10-5-4-9-18(19)23/h1-5,7-10H,6,11-16H2,(H,22,24). The highest BCUT2D eigenvalue weighted by Crippen LogP contribution is 2.34. The molecule has 0 fully saturated rings. The van der Waals surface area contributed by atoms with Gasteiger partial charge in [0.2, 0.25) is 11.8 Å². The maximum absolute atomic E-state index is 12.5. The van der Waals surface area contributed by atoms with Crippen molar-refractivity contribution in [3.63, 3.8) is 0 Å². The Labute approximate surface area is 175 Å². The third kappa shape index (κ3) is 5.83. The first-order valence-electron chi connectivity index (χ1n) is 9.54. The molecule has 2 aromatic rings. The van der Waals surface area contributed by atoms with Crippen molar-refractivity contribution in [1.29, 1.82) is 0 Å². The predicted octanol–water partition coefficient (Wildman–Crippen LogP) is 2.89. The lowest BCUT2D eigenvalue weighted by atomic mass is 10.2. The van der Waals surface area contributed by atoms with E-state index in [9.17, 15) is 18.0 Å². The molecule has 0 aliphatic carbocycles. The third-order valence-electron chi connectivity index (χ3n) is 4.61. The molecule has 1 heterocycles. The summed E-state index contributed by atoms with van der Waals surface area (Å²) in [6, 6.07) is 16.0. The molecular formula is C21H24N2O4S2. The van der Waals surface area contributed by atoms with Gasteiger partial charge in [0, 0.05) is 36.6 Å². The minimum Gasteiger partial charge on any atom is -0.356 e. The molecule has 6 nitrogen and oxygen atoms in total. The summed E-state index contributed by atoms with van der Waals surface area (Å²) in [5.74, 6) is 0.498. The lowest BCUT2D eigenvalue weighted by Crippen LogP contribution is -2.36. The van der Waals surface area contributed by atoms with Crippen LogP contribution in [0.2, 0.25) is 0 Å². The molecule has 0 unspecified atom stereocenters. The van der Waals surface area contributed by atoms with Crippen molar-refractivity contribution >= 4 is 39.1 Å². The van der Waals surface area contributed by atoms with Gasteiger partial charge in [-0.25, -0.2) is 8.42 Å². The molecule has 0 saturated carbocycles. The quantitative estimate of drug-likeness (QED) is 0.649. The molecule has 1 N–H and O–H groups in total. The second-order valence-corrected chi connectivity index (χ2v) is 9.94. The van der Waals surface area contributed by atoms with Gasteiger partial charge in [-0.2, -0.15) is 0 Å². The molecule has 3 rings (SSSR count). The first kappa shape index (κ1) is 21.4. The summed E-state index contributed by atoms with van der Waals surface area (Å²) in [5, 5.41) is 2.71. The van der Waals surface area contributed by atoms with Crippen LogP contribution in [0.3, 0.4) is 0 Å². The SMILES string of the molecule is O=C(CCC(=O)N1CCSc2ccccc21)NCCCS(=O)(=O)c1ccccc1. The van der Waals surface area contributed by atoms with Crippen molar-refractivity contribution < 1.29 is 18.0 Å². The van der Waals surface area contributed by atoms with Crippen LogP contribution in [0.15, 0.2) is 64.4 Å². The summed E-state index contributed by atoms with van der Waals surface area (Å²) in [4.78, 5) is 27.7.